The van der Waals surface area contributed by atoms with Crippen molar-refractivity contribution in [2.45, 2.75) is 12.2 Å². The molecule has 0 amide bonds. The lowest BCUT2D eigenvalue weighted by atomic mass is 10.1. The van der Waals surface area contributed by atoms with Gasteiger partial charge in [-0.2, -0.15) is 0 Å². The molecule has 4 rings (SSSR count). The summed E-state index contributed by atoms with van der Waals surface area (Å²) in [5.74, 6) is 1.54. The Hall–Kier alpha value is -1.96. The van der Waals surface area contributed by atoms with E-state index < -0.39 is 0 Å². The lowest BCUT2D eigenvalue weighted by molar-refractivity contribution is 0.524. The molecule has 1 aliphatic rings. The van der Waals surface area contributed by atoms with Gasteiger partial charge in [0, 0.05) is 26.5 Å². The molecule has 122 valence electrons. The van der Waals surface area contributed by atoms with Gasteiger partial charge < -0.3 is 9.73 Å². The molecule has 4 heterocycles. The quantitative estimate of drug-likeness (QED) is 0.693. The van der Waals surface area contributed by atoms with Gasteiger partial charge in [-0.15, -0.1) is 11.3 Å². The lowest BCUT2D eigenvalue weighted by Gasteiger charge is -2.22. The van der Waals surface area contributed by atoms with Crippen LogP contribution in [0, 0.1) is 0 Å². The van der Waals surface area contributed by atoms with Gasteiger partial charge in [-0.1, -0.05) is 0 Å². The van der Waals surface area contributed by atoms with Gasteiger partial charge in [0.2, 0.25) is 0 Å². The van der Waals surface area contributed by atoms with Crippen molar-refractivity contribution in [2.24, 2.45) is 4.99 Å². The van der Waals surface area contributed by atoms with E-state index in [4.69, 9.17) is 9.41 Å². The number of hydrogen-bond acceptors (Lipinski definition) is 6. The molecule has 1 aliphatic heterocycles. The van der Waals surface area contributed by atoms with Crippen LogP contribution < -0.4 is 10.6 Å². The van der Waals surface area contributed by atoms with Crippen LogP contribution in [0.2, 0.25) is 0 Å². The van der Waals surface area contributed by atoms with Gasteiger partial charge in [0.25, 0.3) is 0 Å². The van der Waals surface area contributed by atoms with Crippen LogP contribution in [0.25, 0.3) is 0 Å². The minimum absolute atomic E-state index is 0.0725. The highest BCUT2D eigenvalue weighted by Gasteiger charge is 2.30. The third kappa shape index (κ3) is 2.79. The summed E-state index contributed by atoms with van der Waals surface area (Å²) in [6.45, 7) is 0. The Bertz CT molecular complexity index is 874. The fourth-order valence-corrected chi connectivity index (χ4v) is 4.29. The monoisotopic (exact) mass is 402 g/mol. The number of aromatic nitrogens is 1. The fraction of sp³-hybridized carbons (Fsp3) is 0.176. The molecule has 2 unspecified atom stereocenters. The second-order valence-corrected chi connectivity index (χ2v) is 7.24. The molecule has 5 nitrogen and oxygen atoms in total. The van der Waals surface area contributed by atoms with Crippen molar-refractivity contribution in [3.63, 3.8) is 0 Å². The van der Waals surface area contributed by atoms with E-state index in [0.29, 0.717) is 0 Å². The minimum atomic E-state index is -0.0967. The standard InChI is InChI=1S/C17H15BrN4OS/c1-19-17-15(13-8-10(18)9-24-13)21-14(12-5-3-7-23-12)11-4-2-6-20-16(11)22-17/h2-9,15,17,19H,1H3,(H,20,22). The van der Waals surface area contributed by atoms with E-state index in [-0.39, 0.29) is 12.2 Å². The second kappa shape index (κ2) is 6.51. The highest BCUT2D eigenvalue weighted by atomic mass is 79.9. The molecule has 0 radical (unpaired) electrons. The van der Waals surface area contributed by atoms with Gasteiger partial charge in [-0.25, -0.2) is 4.98 Å². The zero-order valence-corrected chi connectivity index (χ0v) is 15.3. The number of nitrogens with one attached hydrogen (secondary N) is 2. The zero-order chi connectivity index (χ0) is 16.5. The first-order valence-electron chi connectivity index (χ1n) is 7.51. The fourth-order valence-electron chi connectivity index (χ4n) is 2.77. The molecular weight excluding hydrogens is 388 g/mol. The first-order valence-corrected chi connectivity index (χ1v) is 9.18. The molecule has 0 spiro atoms. The van der Waals surface area contributed by atoms with Crippen LogP contribution in [0.3, 0.4) is 0 Å². The molecular formula is C17H15BrN4OS. The van der Waals surface area contributed by atoms with Crippen molar-refractivity contribution < 1.29 is 4.42 Å². The summed E-state index contributed by atoms with van der Waals surface area (Å²) in [4.78, 5) is 10.7. The molecule has 3 aromatic heterocycles. The Morgan fingerprint density at radius 3 is 2.96 bits per heavy atom. The molecule has 7 heteroatoms. The van der Waals surface area contributed by atoms with E-state index >= 15 is 0 Å². The second-order valence-electron chi connectivity index (χ2n) is 5.38. The van der Waals surface area contributed by atoms with Gasteiger partial charge in [-0.05, 0) is 53.3 Å². The molecule has 24 heavy (non-hydrogen) atoms. The van der Waals surface area contributed by atoms with Gasteiger partial charge in [0.05, 0.1) is 6.26 Å². The number of rotatable bonds is 3. The summed E-state index contributed by atoms with van der Waals surface area (Å²) >= 11 is 5.21. The van der Waals surface area contributed by atoms with Crippen LogP contribution in [0.4, 0.5) is 5.82 Å². The average Bonchev–Trinajstić information content (AvgIpc) is 3.24. The van der Waals surface area contributed by atoms with E-state index in [1.165, 1.54) is 0 Å². The number of thiophene rings is 1. The Kier molecular flexibility index (Phi) is 4.22. The predicted octanol–water partition coefficient (Wildman–Crippen LogP) is 4.05. The largest absolute Gasteiger partial charge is 0.463 e. The highest BCUT2D eigenvalue weighted by Crippen LogP contribution is 2.34. The van der Waals surface area contributed by atoms with Crippen molar-refractivity contribution in [3.05, 3.63) is 68.8 Å². The zero-order valence-electron chi connectivity index (χ0n) is 12.9. The number of fused-ring (bicyclic) bond motifs is 1. The summed E-state index contributed by atoms with van der Waals surface area (Å²) in [6, 6.07) is 9.73. The number of hydrogen-bond donors (Lipinski definition) is 2. The lowest BCUT2D eigenvalue weighted by Crippen LogP contribution is -2.38. The third-order valence-electron chi connectivity index (χ3n) is 3.88. The van der Waals surface area contributed by atoms with Gasteiger partial charge >= 0.3 is 0 Å². The van der Waals surface area contributed by atoms with E-state index in [0.717, 1.165) is 32.2 Å². The summed E-state index contributed by atoms with van der Waals surface area (Å²) in [7, 11) is 1.92. The Morgan fingerprint density at radius 1 is 1.33 bits per heavy atom. The number of pyridine rings is 1. The van der Waals surface area contributed by atoms with Crippen molar-refractivity contribution in [1.29, 1.82) is 0 Å². The first-order chi connectivity index (χ1) is 11.8. The number of likely N-dealkylation sites (N-methyl/N-ethyl adjacent to an activating group) is 1. The number of anilines is 1. The molecule has 0 aromatic carbocycles. The molecule has 0 bridgehead atoms. The van der Waals surface area contributed by atoms with Gasteiger partial charge in [0.15, 0.2) is 5.76 Å². The normalized spacial score (nSPS) is 20.0. The molecule has 0 saturated carbocycles. The van der Waals surface area contributed by atoms with Crippen LogP contribution in [0.15, 0.2) is 62.1 Å². The summed E-state index contributed by atoms with van der Waals surface area (Å²) in [5, 5.41) is 8.85. The molecule has 3 aromatic rings. The maximum atomic E-state index is 5.63. The smallest absolute Gasteiger partial charge is 0.152 e. The van der Waals surface area contributed by atoms with Gasteiger partial charge in [-0.3, -0.25) is 10.3 Å². The van der Waals surface area contributed by atoms with Crippen LogP contribution in [-0.4, -0.2) is 23.9 Å². The van der Waals surface area contributed by atoms with Crippen LogP contribution >= 0.6 is 27.3 Å². The molecule has 0 saturated heterocycles. The topological polar surface area (TPSA) is 62.5 Å². The first kappa shape index (κ1) is 15.6. The number of aliphatic imine (C=N–C) groups is 1. The van der Waals surface area contributed by atoms with Crippen LogP contribution in [-0.2, 0) is 0 Å². The minimum Gasteiger partial charge on any atom is -0.463 e. The molecule has 2 N–H and O–H groups in total. The van der Waals surface area contributed by atoms with Crippen LogP contribution in [0.1, 0.15) is 22.2 Å². The third-order valence-corrected chi connectivity index (χ3v) is 5.65. The van der Waals surface area contributed by atoms with Gasteiger partial charge in [0.1, 0.15) is 23.7 Å². The summed E-state index contributed by atoms with van der Waals surface area (Å²) in [6.07, 6.45) is 3.37. The maximum Gasteiger partial charge on any atom is 0.152 e. The number of halogens is 1. The van der Waals surface area contributed by atoms with E-state index in [9.17, 15) is 0 Å². The summed E-state index contributed by atoms with van der Waals surface area (Å²) in [5.41, 5.74) is 1.74. The number of nitrogens with zero attached hydrogens (tertiary/aromatic N) is 2. The predicted molar refractivity (Wildman–Crippen MR) is 99.8 cm³/mol. The molecule has 2 atom stereocenters. The maximum absolute atomic E-state index is 5.63. The molecule has 0 fully saturated rings. The van der Waals surface area contributed by atoms with E-state index in [2.05, 4.69) is 43.0 Å². The van der Waals surface area contributed by atoms with E-state index in [1.54, 1.807) is 23.8 Å². The van der Waals surface area contributed by atoms with Crippen molar-refractivity contribution in [3.8, 4) is 0 Å². The van der Waals surface area contributed by atoms with Crippen molar-refractivity contribution in [1.82, 2.24) is 10.3 Å². The summed E-state index contributed by atoms with van der Waals surface area (Å²) < 4.78 is 6.69. The average molecular weight is 403 g/mol. The Balaban J connectivity index is 1.90. The van der Waals surface area contributed by atoms with Crippen LogP contribution in [0.5, 0.6) is 0 Å². The van der Waals surface area contributed by atoms with Crippen molar-refractivity contribution >= 4 is 38.8 Å². The Labute approximate surface area is 152 Å². The van der Waals surface area contributed by atoms with Crippen molar-refractivity contribution in [2.75, 3.05) is 12.4 Å². The highest BCUT2D eigenvalue weighted by molar-refractivity contribution is 9.10. The SMILES string of the molecule is CNC1Nc2ncccc2C(c2ccco2)=NC1c1cc(Br)cs1. The molecule has 0 aliphatic carbocycles. The number of furan rings is 1. The van der Waals surface area contributed by atoms with E-state index in [1.807, 2.05) is 31.3 Å². The Morgan fingerprint density at radius 2 is 2.25 bits per heavy atom.